The first-order valence-corrected chi connectivity index (χ1v) is 7.30. The minimum absolute atomic E-state index is 0.127. The molecule has 0 saturated carbocycles. The highest BCUT2D eigenvalue weighted by Crippen LogP contribution is 2.23. The van der Waals surface area contributed by atoms with E-state index < -0.39 is 11.3 Å². The van der Waals surface area contributed by atoms with Crippen molar-refractivity contribution in [2.24, 2.45) is 0 Å². The van der Waals surface area contributed by atoms with Gasteiger partial charge < -0.3 is 5.32 Å². The van der Waals surface area contributed by atoms with Crippen LogP contribution in [-0.2, 0) is 10.2 Å². The highest BCUT2D eigenvalue weighted by atomic mass is 32.2. The smallest absolute Gasteiger partial charge is 0.321 e. The SMILES string of the molecule is CCNC(=O)NC(=O)[C@H](C)Sc1n[nH]c(C(C)(C)C)n1. The fraction of sp³-hybridized carbons (Fsp3) is 0.667. The number of carbonyl (C=O) groups excluding carboxylic acids is 2. The molecule has 20 heavy (non-hydrogen) atoms. The molecule has 1 heterocycles. The number of amides is 3. The second kappa shape index (κ2) is 6.74. The number of hydrogen-bond donors (Lipinski definition) is 3. The lowest BCUT2D eigenvalue weighted by Crippen LogP contribution is -2.42. The number of imide groups is 1. The summed E-state index contributed by atoms with van der Waals surface area (Å²) in [7, 11) is 0. The van der Waals surface area contributed by atoms with Crippen LogP contribution < -0.4 is 10.6 Å². The first-order valence-electron chi connectivity index (χ1n) is 6.42. The summed E-state index contributed by atoms with van der Waals surface area (Å²) in [5.41, 5.74) is -0.127. The quantitative estimate of drug-likeness (QED) is 0.730. The first-order chi connectivity index (χ1) is 9.24. The summed E-state index contributed by atoms with van der Waals surface area (Å²) in [5, 5.41) is 11.7. The minimum Gasteiger partial charge on any atom is -0.338 e. The zero-order valence-corrected chi connectivity index (χ0v) is 13.2. The Bertz CT molecular complexity index is 480. The summed E-state index contributed by atoms with van der Waals surface area (Å²) >= 11 is 1.20. The van der Waals surface area contributed by atoms with Crippen molar-refractivity contribution in [1.82, 2.24) is 25.8 Å². The van der Waals surface area contributed by atoms with Crippen LogP contribution >= 0.6 is 11.8 Å². The van der Waals surface area contributed by atoms with Crippen LogP contribution in [0.5, 0.6) is 0 Å². The number of hydrogen-bond acceptors (Lipinski definition) is 5. The predicted octanol–water partition coefficient (Wildman–Crippen LogP) is 1.43. The van der Waals surface area contributed by atoms with Gasteiger partial charge in [-0.3, -0.25) is 15.2 Å². The number of thioether (sulfide) groups is 1. The van der Waals surface area contributed by atoms with Gasteiger partial charge in [-0.05, 0) is 13.8 Å². The van der Waals surface area contributed by atoms with Crippen molar-refractivity contribution in [3.8, 4) is 0 Å². The van der Waals surface area contributed by atoms with Crippen molar-refractivity contribution in [3.05, 3.63) is 5.82 Å². The van der Waals surface area contributed by atoms with Gasteiger partial charge >= 0.3 is 6.03 Å². The average Bonchev–Trinajstić information content (AvgIpc) is 2.77. The topological polar surface area (TPSA) is 99.8 Å². The van der Waals surface area contributed by atoms with Gasteiger partial charge in [0.05, 0.1) is 5.25 Å². The minimum atomic E-state index is -0.490. The Balaban J connectivity index is 2.57. The number of carbonyl (C=O) groups is 2. The van der Waals surface area contributed by atoms with Gasteiger partial charge in [0.15, 0.2) is 0 Å². The Morgan fingerprint density at radius 1 is 1.40 bits per heavy atom. The summed E-state index contributed by atoms with van der Waals surface area (Å²) < 4.78 is 0. The van der Waals surface area contributed by atoms with Crippen LogP contribution in [0.15, 0.2) is 5.16 Å². The van der Waals surface area contributed by atoms with Crippen LogP contribution in [0.4, 0.5) is 4.79 Å². The maximum atomic E-state index is 11.8. The van der Waals surface area contributed by atoms with E-state index in [2.05, 4.69) is 25.8 Å². The van der Waals surface area contributed by atoms with E-state index in [0.717, 1.165) is 5.82 Å². The largest absolute Gasteiger partial charge is 0.338 e. The third-order valence-corrected chi connectivity index (χ3v) is 3.36. The lowest BCUT2D eigenvalue weighted by molar-refractivity contribution is -0.119. The Labute approximate surface area is 122 Å². The van der Waals surface area contributed by atoms with Crippen molar-refractivity contribution < 1.29 is 9.59 Å². The molecule has 1 aromatic heterocycles. The predicted molar refractivity (Wildman–Crippen MR) is 77.6 cm³/mol. The normalized spacial score (nSPS) is 12.8. The molecule has 0 spiro atoms. The molecule has 3 N–H and O–H groups in total. The number of nitrogens with one attached hydrogen (secondary N) is 3. The Kier molecular flexibility index (Phi) is 5.55. The fourth-order valence-corrected chi connectivity index (χ4v) is 1.99. The van der Waals surface area contributed by atoms with Gasteiger partial charge in [-0.2, -0.15) is 0 Å². The molecule has 0 radical (unpaired) electrons. The molecular weight excluding hydrogens is 278 g/mol. The Hall–Kier alpha value is -1.57. The molecule has 112 valence electrons. The molecule has 0 unspecified atom stereocenters. The summed E-state index contributed by atoms with van der Waals surface area (Å²) in [6.45, 7) is 10.0. The van der Waals surface area contributed by atoms with Crippen LogP contribution in [-0.4, -0.2) is 38.9 Å². The number of rotatable bonds is 4. The average molecular weight is 299 g/mol. The van der Waals surface area contributed by atoms with Gasteiger partial charge in [-0.1, -0.05) is 32.5 Å². The van der Waals surface area contributed by atoms with Gasteiger partial charge in [-0.15, -0.1) is 5.10 Å². The highest BCUT2D eigenvalue weighted by molar-refractivity contribution is 8.00. The van der Waals surface area contributed by atoms with Crippen LogP contribution in [0.1, 0.15) is 40.4 Å². The third kappa shape index (κ3) is 4.84. The van der Waals surface area contributed by atoms with E-state index in [0.29, 0.717) is 11.7 Å². The van der Waals surface area contributed by atoms with Crippen LogP contribution in [0.25, 0.3) is 0 Å². The van der Waals surface area contributed by atoms with Crippen molar-refractivity contribution in [3.63, 3.8) is 0 Å². The molecule has 8 heteroatoms. The standard InChI is InChI=1S/C12H21N5O2S/c1-6-13-10(19)14-8(18)7(2)20-11-15-9(16-17-11)12(3,4)5/h7H,6H2,1-5H3,(H,15,16,17)(H2,13,14,18,19)/t7-/m0/s1. The van der Waals surface area contributed by atoms with Gasteiger partial charge in [0.2, 0.25) is 11.1 Å². The van der Waals surface area contributed by atoms with Crippen LogP contribution in [0.3, 0.4) is 0 Å². The molecule has 1 rings (SSSR count). The molecule has 0 aromatic carbocycles. The van der Waals surface area contributed by atoms with Gasteiger partial charge in [-0.25, -0.2) is 9.78 Å². The molecule has 1 aromatic rings. The van der Waals surface area contributed by atoms with E-state index in [1.165, 1.54) is 11.8 Å². The van der Waals surface area contributed by atoms with E-state index in [9.17, 15) is 9.59 Å². The maximum absolute atomic E-state index is 11.8. The summed E-state index contributed by atoms with van der Waals surface area (Å²) in [6.07, 6.45) is 0. The number of nitrogens with zero attached hydrogens (tertiary/aromatic N) is 2. The van der Waals surface area contributed by atoms with Crippen molar-refractivity contribution in [1.29, 1.82) is 0 Å². The van der Waals surface area contributed by atoms with Crippen molar-refractivity contribution in [2.75, 3.05) is 6.54 Å². The van der Waals surface area contributed by atoms with Gasteiger partial charge in [0.1, 0.15) is 5.82 Å². The molecule has 0 aliphatic heterocycles. The van der Waals surface area contributed by atoms with Gasteiger partial charge in [0, 0.05) is 12.0 Å². The fourth-order valence-electron chi connectivity index (χ4n) is 1.26. The van der Waals surface area contributed by atoms with Crippen LogP contribution in [0, 0.1) is 0 Å². The summed E-state index contributed by atoms with van der Waals surface area (Å²) in [5.74, 6) is 0.388. The van der Waals surface area contributed by atoms with E-state index >= 15 is 0 Å². The van der Waals surface area contributed by atoms with Crippen molar-refractivity contribution >= 4 is 23.7 Å². The molecule has 1 atom stereocenters. The molecule has 3 amide bonds. The van der Waals surface area contributed by atoms with E-state index in [1.807, 2.05) is 20.8 Å². The number of H-pyrrole nitrogens is 1. The molecule has 0 bridgehead atoms. The first kappa shape index (κ1) is 16.5. The van der Waals surface area contributed by atoms with Crippen molar-refractivity contribution in [2.45, 2.75) is 50.4 Å². The zero-order valence-electron chi connectivity index (χ0n) is 12.4. The van der Waals surface area contributed by atoms with Gasteiger partial charge in [0.25, 0.3) is 0 Å². The monoisotopic (exact) mass is 299 g/mol. The number of aromatic nitrogens is 3. The second-order valence-electron chi connectivity index (χ2n) is 5.33. The molecular formula is C12H21N5O2S. The van der Waals surface area contributed by atoms with Crippen LogP contribution in [0.2, 0.25) is 0 Å². The molecule has 0 aliphatic carbocycles. The lowest BCUT2D eigenvalue weighted by Gasteiger charge is -2.13. The maximum Gasteiger partial charge on any atom is 0.321 e. The van der Waals surface area contributed by atoms with E-state index in [-0.39, 0.29) is 11.3 Å². The second-order valence-corrected chi connectivity index (χ2v) is 6.63. The Morgan fingerprint density at radius 2 is 2.05 bits per heavy atom. The lowest BCUT2D eigenvalue weighted by atomic mass is 9.96. The Morgan fingerprint density at radius 3 is 2.55 bits per heavy atom. The zero-order chi connectivity index (χ0) is 15.3. The summed E-state index contributed by atoms with van der Waals surface area (Å²) in [4.78, 5) is 27.4. The third-order valence-electron chi connectivity index (χ3n) is 2.40. The molecule has 0 fully saturated rings. The molecule has 0 saturated heterocycles. The summed E-state index contributed by atoms with van der Waals surface area (Å²) in [6, 6.07) is -0.490. The number of aromatic amines is 1. The van der Waals surface area contributed by atoms with E-state index in [4.69, 9.17) is 0 Å². The molecule has 7 nitrogen and oxygen atoms in total. The van der Waals surface area contributed by atoms with E-state index in [1.54, 1.807) is 13.8 Å². The molecule has 0 aliphatic rings. The highest BCUT2D eigenvalue weighted by Gasteiger charge is 2.22. The number of urea groups is 1.